The van der Waals surface area contributed by atoms with Crippen molar-refractivity contribution in [3.8, 4) is 11.5 Å². The normalized spacial score (nSPS) is 11.3. The van der Waals surface area contributed by atoms with Gasteiger partial charge in [-0.15, -0.1) is 0 Å². The van der Waals surface area contributed by atoms with Crippen LogP contribution in [0.4, 0.5) is 5.69 Å². The molecule has 36 heavy (non-hydrogen) atoms. The SMILES string of the molecule is O=C(CN(CCc1ccccc1)S(=O)(=O)c1ccc(Cl)cc1)Nc1ccc(Oc2ccccc2)cc1. The van der Waals surface area contributed by atoms with Gasteiger partial charge in [-0.1, -0.05) is 60.1 Å². The highest BCUT2D eigenvalue weighted by Crippen LogP contribution is 2.23. The topological polar surface area (TPSA) is 75.7 Å². The van der Waals surface area contributed by atoms with Crippen LogP contribution in [0.5, 0.6) is 11.5 Å². The third-order valence-electron chi connectivity index (χ3n) is 5.38. The summed E-state index contributed by atoms with van der Waals surface area (Å²) in [5, 5.41) is 3.21. The summed E-state index contributed by atoms with van der Waals surface area (Å²) in [6.45, 7) is -0.188. The Bertz CT molecular complexity index is 1380. The molecule has 0 radical (unpaired) electrons. The molecular weight excluding hydrogens is 496 g/mol. The summed E-state index contributed by atoms with van der Waals surface area (Å²) in [5.41, 5.74) is 1.51. The highest BCUT2D eigenvalue weighted by Gasteiger charge is 2.26. The largest absolute Gasteiger partial charge is 0.457 e. The van der Waals surface area contributed by atoms with E-state index in [1.165, 1.54) is 28.6 Å². The first kappa shape index (κ1) is 25.4. The summed E-state index contributed by atoms with van der Waals surface area (Å²) < 4.78 is 33.7. The molecule has 0 aliphatic carbocycles. The molecule has 0 fully saturated rings. The summed E-state index contributed by atoms with van der Waals surface area (Å²) in [6.07, 6.45) is 0.465. The summed E-state index contributed by atoms with van der Waals surface area (Å²) in [6, 6.07) is 31.7. The maximum Gasteiger partial charge on any atom is 0.243 e. The predicted octanol–water partition coefficient (Wildman–Crippen LogP) is 6.00. The van der Waals surface area contributed by atoms with E-state index in [1.54, 1.807) is 24.3 Å². The number of carbonyl (C=O) groups is 1. The Morgan fingerprint density at radius 3 is 2.00 bits per heavy atom. The van der Waals surface area contributed by atoms with E-state index in [1.807, 2.05) is 60.7 Å². The molecule has 184 valence electrons. The van der Waals surface area contributed by atoms with Crippen LogP contribution in [0.1, 0.15) is 5.56 Å². The van der Waals surface area contributed by atoms with Gasteiger partial charge in [0.2, 0.25) is 15.9 Å². The van der Waals surface area contributed by atoms with Gasteiger partial charge in [0.1, 0.15) is 11.5 Å². The minimum atomic E-state index is -3.92. The van der Waals surface area contributed by atoms with E-state index in [0.29, 0.717) is 28.6 Å². The lowest BCUT2D eigenvalue weighted by Gasteiger charge is -2.22. The van der Waals surface area contributed by atoms with E-state index in [4.69, 9.17) is 16.3 Å². The van der Waals surface area contributed by atoms with Crippen molar-refractivity contribution in [2.24, 2.45) is 0 Å². The highest BCUT2D eigenvalue weighted by molar-refractivity contribution is 7.89. The molecule has 0 aliphatic heterocycles. The van der Waals surface area contributed by atoms with Gasteiger partial charge in [-0.3, -0.25) is 4.79 Å². The number of hydrogen-bond acceptors (Lipinski definition) is 4. The third kappa shape index (κ3) is 6.95. The Hall–Kier alpha value is -3.65. The molecule has 0 saturated heterocycles. The second kappa shape index (κ2) is 11.9. The maximum atomic E-state index is 13.4. The van der Waals surface area contributed by atoms with E-state index in [-0.39, 0.29) is 18.0 Å². The van der Waals surface area contributed by atoms with Crippen LogP contribution in [0, 0.1) is 0 Å². The first-order valence-corrected chi connectivity index (χ1v) is 13.1. The zero-order chi connectivity index (χ0) is 25.4. The fraction of sp³-hybridized carbons (Fsp3) is 0.107. The second-order valence-corrected chi connectivity index (χ2v) is 10.4. The lowest BCUT2D eigenvalue weighted by Crippen LogP contribution is -2.39. The summed E-state index contributed by atoms with van der Waals surface area (Å²) in [5.74, 6) is 0.877. The van der Waals surface area contributed by atoms with Crippen molar-refractivity contribution in [3.05, 3.63) is 120 Å². The third-order valence-corrected chi connectivity index (χ3v) is 7.49. The minimum absolute atomic E-state index is 0.0789. The first-order valence-electron chi connectivity index (χ1n) is 11.3. The van der Waals surface area contributed by atoms with Crippen LogP contribution in [0.3, 0.4) is 0 Å². The second-order valence-electron chi connectivity index (χ2n) is 8.02. The molecule has 4 rings (SSSR count). The number of amides is 1. The molecule has 4 aromatic carbocycles. The van der Waals surface area contributed by atoms with Crippen molar-refractivity contribution in [2.45, 2.75) is 11.3 Å². The number of ether oxygens (including phenoxy) is 1. The van der Waals surface area contributed by atoms with Crippen molar-refractivity contribution in [1.29, 1.82) is 0 Å². The highest BCUT2D eigenvalue weighted by atomic mass is 35.5. The number of hydrogen-bond donors (Lipinski definition) is 1. The molecule has 0 saturated carbocycles. The molecule has 0 bridgehead atoms. The van der Waals surface area contributed by atoms with Crippen LogP contribution in [0.25, 0.3) is 0 Å². The van der Waals surface area contributed by atoms with Gasteiger partial charge in [0.15, 0.2) is 0 Å². The van der Waals surface area contributed by atoms with Crippen LogP contribution in [0.15, 0.2) is 114 Å². The Labute approximate surface area is 216 Å². The fourth-order valence-electron chi connectivity index (χ4n) is 3.53. The van der Waals surface area contributed by atoms with E-state index in [0.717, 1.165) is 5.56 Å². The van der Waals surface area contributed by atoms with E-state index in [9.17, 15) is 13.2 Å². The lowest BCUT2D eigenvalue weighted by molar-refractivity contribution is -0.116. The first-order chi connectivity index (χ1) is 17.4. The van der Waals surface area contributed by atoms with Crippen LogP contribution in [0.2, 0.25) is 5.02 Å². The molecule has 8 heteroatoms. The van der Waals surface area contributed by atoms with Crippen molar-refractivity contribution in [1.82, 2.24) is 4.31 Å². The number of sulfonamides is 1. The molecule has 0 aromatic heterocycles. The van der Waals surface area contributed by atoms with Gasteiger partial charge in [0, 0.05) is 17.3 Å². The Morgan fingerprint density at radius 1 is 0.778 bits per heavy atom. The molecule has 0 heterocycles. The average molecular weight is 521 g/mol. The monoisotopic (exact) mass is 520 g/mol. The number of benzene rings is 4. The van der Waals surface area contributed by atoms with Crippen molar-refractivity contribution >= 4 is 33.2 Å². The zero-order valence-corrected chi connectivity index (χ0v) is 21.0. The number of rotatable bonds is 10. The van der Waals surface area contributed by atoms with Crippen molar-refractivity contribution in [3.63, 3.8) is 0 Å². The van der Waals surface area contributed by atoms with Crippen LogP contribution >= 0.6 is 11.6 Å². The number of nitrogens with one attached hydrogen (secondary N) is 1. The minimum Gasteiger partial charge on any atom is -0.457 e. The van der Waals surface area contributed by atoms with Gasteiger partial charge >= 0.3 is 0 Å². The molecule has 0 atom stereocenters. The maximum absolute atomic E-state index is 13.4. The van der Waals surface area contributed by atoms with Gasteiger partial charge in [-0.2, -0.15) is 4.31 Å². The summed E-state index contributed by atoms with van der Waals surface area (Å²) in [4.78, 5) is 13.0. The van der Waals surface area contributed by atoms with Gasteiger partial charge in [-0.05, 0) is 72.6 Å². The molecule has 1 amide bonds. The number of anilines is 1. The average Bonchev–Trinajstić information content (AvgIpc) is 2.89. The Balaban J connectivity index is 1.45. The van der Waals surface area contributed by atoms with E-state index in [2.05, 4.69) is 5.32 Å². The quantitative estimate of drug-likeness (QED) is 0.278. The molecular formula is C28H25ClN2O4S. The molecule has 4 aromatic rings. The van der Waals surface area contributed by atoms with Crippen LogP contribution in [-0.2, 0) is 21.2 Å². The van der Waals surface area contributed by atoms with Gasteiger partial charge in [0.05, 0.1) is 11.4 Å². The predicted molar refractivity (Wildman–Crippen MR) is 142 cm³/mol. The number of nitrogens with zero attached hydrogens (tertiary/aromatic N) is 1. The number of para-hydroxylation sites is 1. The van der Waals surface area contributed by atoms with Crippen molar-refractivity contribution in [2.75, 3.05) is 18.4 Å². The standard InChI is InChI=1S/C28H25ClN2O4S/c29-23-11-17-27(18-12-23)36(33,34)31(20-19-22-7-3-1-4-8-22)21-28(32)30-24-13-15-26(16-14-24)35-25-9-5-2-6-10-25/h1-18H,19-21H2,(H,30,32). The number of halogens is 1. The molecule has 6 nitrogen and oxygen atoms in total. The molecule has 1 N–H and O–H groups in total. The van der Waals surface area contributed by atoms with E-state index >= 15 is 0 Å². The van der Waals surface area contributed by atoms with Gasteiger partial charge in [0.25, 0.3) is 0 Å². The zero-order valence-electron chi connectivity index (χ0n) is 19.4. The van der Waals surface area contributed by atoms with Crippen molar-refractivity contribution < 1.29 is 17.9 Å². The van der Waals surface area contributed by atoms with Gasteiger partial charge in [-0.25, -0.2) is 8.42 Å². The molecule has 0 aliphatic rings. The fourth-order valence-corrected chi connectivity index (χ4v) is 5.05. The Morgan fingerprint density at radius 2 is 1.36 bits per heavy atom. The lowest BCUT2D eigenvalue weighted by atomic mass is 10.1. The molecule has 0 spiro atoms. The van der Waals surface area contributed by atoms with E-state index < -0.39 is 15.9 Å². The number of carbonyl (C=O) groups excluding carboxylic acids is 1. The summed E-state index contributed by atoms with van der Waals surface area (Å²) in [7, 11) is -3.92. The van der Waals surface area contributed by atoms with Crippen LogP contribution < -0.4 is 10.1 Å². The van der Waals surface area contributed by atoms with Gasteiger partial charge < -0.3 is 10.1 Å². The smallest absolute Gasteiger partial charge is 0.243 e. The summed E-state index contributed by atoms with van der Waals surface area (Å²) >= 11 is 5.93. The Kier molecular flexibility index (Phi) is 8.38. The van der Waals surface area contributed by atoms with Crippen LogP contribution in [-0.4, -0.2) is 31.7 Å². The molecule has 0 unspecified atom stereocenters.